The summed E-state index contributed by atoms with van der Waals surface area (Å²) in [6.45, 7) is 0. The van der Waals surface area contributed by atoms with Gasteiger partial charge in [-0.15, -0.1) is 0 Å². The SMILES string of the molecule is O=C1CCC2=C1[C@@H](c1cccnc1)c1c(ccc3ccccc13)N2. The van der Waals surface area contributed by atoms with Gasteiger partial charge in [0.05, 0.1) is 0 Å². The summed E-state index contributed by atoms with van der Waals surface area (Å²) in [5.41, 5.74) is 5.38. The molecule has 0 saturated heterocycles. The van der Waals surface area contributed by atoms with Gasteiger partial charge in [-0.25, -0.2) is 0 Å². The topological polar surface area (TPSA) is 42.0 Å². The zero-order chi connectivity index (χ0) is 16.1. The van der Waals surface area contributed by atoms with E-state index in [-0.39, 0.29) is 11.7 Å². The van der Waals surface area contributed by atoms with E-state index in [0.717, 1.165) is 28.9 Å². The molecule has 0 unspecified atom stereocenters. The van der Waals surface area contributed by atoms with E-state index < -0.39 is 0 Å². The van der Waals surface area contributed by atoms with Crippen LogP contribution < -0.4 is 5.32 Å². The number of fused-ring (bicyclic) bond motifs is 3. The number of carbonyl (C=O) groups is 1. The molecule has 0 bridgehead atoms. The smallest absolute Gasteiger partial charge is 0.161 e. The number of pyridine rings is 1. The van der Waals surface area contributed by atoms with E-state index in [0.29, 0.717) is 6.42 Å². The highest BCUT2D eigenvalue weighted by atomic mass is 16.1. The molecule has 1 aliphatic carbocycles. The van der Waals surface area contributed by atoms with Crippen LogP contribution >= 0.6 is 0 Å². The third-order valence-corrected chi connectivity index (χ3v) is 5.08. The second kappa shape index (κ2) is 5.03. The van der Waals surface area contributed by atoms with Gasteiger partial charge in [-0.05, 0) is 40.5 Å². The third kappa shape index (κ3) is 1.84. The summed E-state index contributed by atoms with van der Waals surface area (Å²) in [4.78, 5) is 16.9. The first-order chi connectivity index (χ1) is 11.8. The largest absolute Gasteiger partial charge is 0.358 e. The fourth-order valence-electron chi connectivity index (χ4n) is 4.04. The number of hydrogen-bond donors (Lipinski definition) is 1. The molecule has 3 heteroatoms. The maximum absolute atomic E-state index is 12.6. The van der Waals surface area contributed by atoms with Crippen molar-refractivity contribution in [2.45, 2.75) is 18.8 Å². The van der Waals surface area contributed by atoms with Gasteiger partial charge in [0.1, 0.15) is 0 Å². The molecule has 116 valence electrons. The highest BCUT2D eigenvalue weighted by molar-refractivity contribution is 6.05. The van der Waals surface area contributed by atoms with Crippen LogP contribution in [0.5, 0.6) is 0 Å². The van der Waals surface area contributed by atoms with Gasteiger partial charge in [0.25, 0.3) is 0 Å². The van der Waals surface area contributed by atoms with Crippen LogP contribution in [0.2, 0.25) is 0 Å². The molecule has 0 spiro atoms. The van der Waals surface area contributed by atoms with Crippen molar-refractivity contribution >= 4 is 22.2 Å². The number of benzene rings is 2. The van der Waals surface area contributed by atoms with E-state index in [4.69, 9.17) is 0 Å². The lowest BCUT2D eigenvalue weighted by atomic mass is 9.79. The lowest BCUT2D eigenvalue weighted by Gasteiger charge is -2.30. The average Bonchev–Trinajstić information content (AvgIpc) is 3.01. The Morgan fingerprint density at radius 3 is 2.79 bits per heavy atom. The summed E-state index contributed by atoms with van der Waals surface area (Å²) in [5.74, 6) is 0.219. The fourth-order valence-corrected chi connectivity index (χ4v) is 4.04. The second-order valence-corrected chi connectivity index (χ2v) is 6.41. The van der Waals surface area contributed by atoms with Crippen molar-refractivity contribution in [3.63, 3.8) is 0 Å². The molecule has 0 fully saturated rings. The van der Waals surface area contributed by atoms with Crippen LogP contribution in [0.15, 0.2) is 72.2 Å². The number of hydrogen-bond acceptors (Lipinski definition) is 3. The van der Waals surface area contributed by atoms with Crippen LogP contribution in [0, 0.1) is 0 Å². The number of aromatic nitrogens is 1. The van der Waals surface area contributed by atoms with Crippen LogP contribution in [0.1, 0.15) is 29.9 Å². The average molecular weight is 312 g/mol. The number of ketones is 1. The van der Waals surface area contributed by atoms with E-state index in [1.807, 2.05) is 12.3 Å². The highest BCUT2D eigenvalue weighted by Gasteiger charge is 2.37. The van der Waals surface area contributed by atoms with Gasteiger partial charge in [-0.3, -0.25) is 9.78 Å². The van der Waals surface area contributed by atoms with Crippen molar-refractivity contribution in [1.82, 2.24) is 4.98 Å². The lowest BCUT2D eigenvalue weighted by molar-refractivity contribution is -0.115. The standard InChI is InChI=1S/C21H16N2O/c24-18-10-9-17-21(18)19(14-5-3-11-22-12-14)20-15-6-2-1-4-13(15)7-8-16(20)23-17/h1-8,11-12,19,23H,9-10H2/t19-/m0/s1. The minimum atomic E-state index is -0.0361. The second-order valence-electron chi connectivity index (χ2n) is 6.41. The molecule has 24 heavy (non-hydrogen) atoms. The summed E-state index contributed by atoms with van der Waals surface area (Å²) in [5, 5.41) is 5.91. The molecular formula is C21H16N2O. The highest BCUT2D eigenvalue weighted by Crippen LogP contribution is 2.48. The van der Waals surface area contributed by atoms with Crippen LogP contribution in [0.25, 0.3) is 10.8 Å². The molecule has 1 atom stereocenters. The third-order valence-electron chi connectivity index (χ3n) is 5.08. The molecule has 1 aliphatic heterocycles. The predicted molar refractivity (Wildman–Crippen MR) is 94.9 cm³/mol. The summed E-state index contributed by atoms with van der Waals surface area (Å²) in [7, 11) is 0. The van der Waals surface area contributed by atoms with Gasteiger partial charge in [-0.1, -0.05) is 36.4 Å². The Balaban J connectivity index is 1.85. The molecule has 0 radical (unpaired) electrons. The van der Waals surface area contributed by atoms with Crippen molar-refractivity contribution in [3.8, 4) is 0 Å². The Morgan fingerprint density at radius 2 is 1.92 bits per heavy atom. The minimum Gasteiger partial charge on any atom is -0.358 e. The molecule has 0 saturated carbocycles. The summed E-state index contributed by atoms with van der Waals surface area (Å²) >= 11 is 0. The zero-order valence-electron chi connectivity index (χ0n) is 13.1. The Labute approximate surface area is 140 Å². The lowest BCUT2D eigenvalue weighted by Crippen LogP contribution is -2.19. The molecule has 1 aromatic heterocycles. The normalized spacial score (nSPS) is 19.2. The maximum Gasteiger partial charge on any atom is 0.161 e. The molecule has 5 rings (SSSR count). The number of anilines is 1. The molecule has 1 N–H and O–H groups in total. The molecule has 2 aliphatic rings. The maximum atomic E-state index is 12.6. The molecule has 3 aromatic rings. The van der Waals surface area contributed by atoms with Crippen molar-refractivity contribution < 1.29 is 4.79 Å². The van der Waals surface area contributed by atoms with E-state index in [2.05, 4.69) is 52.8 Å². The predicted octanol–water partition coefficient (Wildman–Crippen LogP) is 4.41. The molecule has 0 amide bonds. The molecule has 3 nitrogen and oxygen atoms in total. The number of carbonyl (C=O) groups excluding carboxylic acids is 1. The fraction of sp³-hybridized carbons (Fsp3) is 0.143. The summed E-state index contributed by atoms with van der Waals surface area (Å²) < 4.78 is 0. The van der Waals surface area contributed by atoms with Crippen molar-refractivity contribution in [1.29, 1.82) is 0 Å². The number of rotatable bonds is 1. The van der Waals surface area contributed by atoms with Crippen LogP contribution in [0.3, 0.4) is 0 Å². The van der Waals surface area contributed by atoms with Crippen molar-refractivity contribution in [2.75, 3.05) is 5.32 Å². The van der Waals surface area contributed by atoms with Gasteiger partial charge in [0, 0.05) is 41.7 Å². The summed E-state index contributed by atoms with van der Waals surface area (Å²) in [6.07, 6.45) is 5.07. The van der Waals surface area contributed by atoms with E-state index >= 15 is 0 Å². The van der Waals surface area contributed by atoms with E-state index in [1.165, 1.54) is 16.3 Å². The number of nitrogens with one attached hydrogen (secondary N) is 1. The van der Waals surface area contributed by atoms with Gasteiger partial charge >= 0.3 is 0 Å². The van der Waals surface area contributed by atoms with Crippen LogP contribution in [-0.4, -0.2) is 10.8 Å². The zero-order valence-corrected chi connectivity index (χ0v) is 13.1. The molecule has 2 heterocycles. The Bertz CT molecular complexity index is 1000. The number of Topliss-reactive ketones (excluding diaryl/α,β-unsaturated/α-hetero) is 1. The summed E-state index contributed by atoms with van der Waals surface area (Å²) in [6, 6.07) is 16.7. The van der Waals surface area contributed by atoms with Gasteiger partial charge in [0.15, 0.2) is 5.78 Å². The van der Waals surface area contributed by atoms with Gasteiger partial charge in [0.2, 0.25) is 0 Å². The molecular weight excluding hydrogens is 296 g/mol. The van der Waals surface area contributed by atoms with Gasteiger partial charge in [-0.2, -0.15) is 0 Å². The van der Waals surface area contributed by atoms with Gasteiger partial charge < -0.3 is 5.32 Å². The van der Waals surface area contributed by atoms with E-state index in [1.54, 1.807) is 6.20 Å². The Kier molecular flexibility index (Phi) is 2.83. The Hall–Kier alpha value is -2.94. The van der Waals surface area contributed by atoms with Crippen molar-refractivity contribution in [2.24, 2.45) is 0 Å². The van der Waals surface area contributed by atoms with Crippen LogP contribution in [0.4, 0.5) is 5.69 Å². The quantitative estimate of drug-likeness (QED) is 0.723. The first-order valence-corrected chi connectivity index (χ1v) is 8.28. The molecule has 2 aromatic carbocycles. The monoisotopic (exact) mass is 312 g/mol. The number of nitrogens with zero attached hydrogens (tertiary/aromatic N) is 1. The van der Waals surface area contributed by atoms with Crippen molar-refractivity contribution in [3.05, 3.63) is 83.3 Å². The van der Waals surface area contributed by atoms with Crippen LogP contribution in [-0.2, 0) is 4.79 Å². The van der Waals surface area contributed by atoms with E-state index in [9.17, 15) is 4.79 Å². The number of allylic oxidation sites excluding steroid dienone is 2. The Morgan fingerprint density at radius 1 is 1.00 bits per heavy atom. The first-order valence-electron chi connectivity index (χ1n) is 8.28. The minimum absolute atomic E-state index is 0.0361. The first kappa shape index (κ1) is 13.5.